The number of carbonyl (C=O) groups excluding carboxylic acids is 2. The summed E-state index contributed by atoms with van der Waals surface area (Å²) in [7, 11) is 0. The lowest BCUT2D eigenvalue weighted by atomic mass is 9.89. The molecule has 2 aromatic rings. The predicted molar refractivity (Wildman–Crippen MR) is 142 cm³/mol. The summed E-state index contributed by atoms with van der Waals surface area (Å²) in [5, 5.41) is 15.2. The van der Waals surface area contributed by atoms with Crippen LogP contribution in [0.25, 0.3) is 0 Å². The molecule has 0 bridgehead atoms. The molecule has 0 aromatic heterocycles. The first-order valence-corrected chi connectivity index (χ1v) is 13.3. The zero-order valence-corrected chi connectivity index (χ0v) is 22.0. The maximum Gasteiger partial charge on any atom is 0.251 e. The Morgan fingerprint density at radius 2 is 1.75 bits per heavy atom. The SMILES string of the molecule is CCN1CCC(CC(NC(=O)c2ccc(F)cc2)C(=O)Nc2ccc(SNC(C)(C)CO)cc2)CC1. The van der Waals surface area contributed by atoms with Gasteiger partial charge in [0.25, 0.3) is 5.91 Å². The lowest BCUT2D eigenvalue weighted by Gasteiger charge is -2.32. The molecule has 7 nitrogen and oxygen atoms in total. The summed E-state index contributed by atoms with van der Waals surface area (Å²) in [6.07, 6.45) is 2.50. The standard InChI is InChI=1S/C27H37FN4O3S/c1-4-32-15-13-19(14-16-32)17-24(30-25(34)20-5-7-21(28)8-6-20)26(35)29-22-9-11-23(12-10-22)36-31-27(2,3)18-33/h5-12,19,24,31,33H,4,13-18H2,1-3H3,(H,29,35)(H,30,34). The second kappa shape index (κ2) is 13.2. The van der Waals surface area contributed by atoms with Crippen molar-refractivity contribution in [2.75, 3.05) is 31.6 Å². The Morgan fingerprint density at radius 3 is 2.33 bits per heavy atom. The van der Waals surface area contributed by atoms with Gasteiger partial charge in [0.05, 0.1) is 6.61 Å². The molecule has 0 spiro atoms. The van der Waals surface area contributed by atoms with Crippen molar-refractivity contribution >= 4 is 29.4 Å². The molecule has 1 saturated heterocycles. The number of hydrogen-bond acceptors (Lipinski definition) is 6. The molecule has 2 aromatic carbocycles. The van der Waals surface area contributed by atoms with Crippen LogP contribution < -0.4 is 15.4 Å². The van der Waals surface area contributed by atoms with E-state index in [9.17, 15) is 19.1 Å². The third-order valence-corrected chi connectivity index (χ3v) is 7.58. The van der Waals surface area contributed by atoms with Gasteiger partial charge in [-0.2, -0.15) is 0 Å². The summed E-state index contributed by atoms with van der Waals surface area (Å²) in [6.45, 7) is 8.95. The van der Waals surface area contributed by atoms with Crippen LogP contribution in [-0.4, -0.2) is 59.6 Å². The van der Waals surface area contributed by atoms with Crippen molar-refractivity contribution in [3.63, 3.8) is 0 Å². The van der Waals surface area contributed by atoms with E-state index in [1.807, 2.05) is 38.1 Å². The highest BCUT2D eigenvalue weighted by Crippen LogP contribution is 2.24. The normalized spacial score (nSPS) is 15.9. The fourth-order valence-corrected chi connectivity index (χ4v) is 4.74. The number of carbonyl (C=O) groups is 2. The van der Waals surface area contributed by atoms with E-state index < -0.39 is 23.3 Å². The van der Waals surface area contributed by atoms with Crippen molar-refractivity contribution in [3.8, 4) is 0 Å². The second-order valence-electron chi connectivity index (χ2n) is 9.91. The average molecular weight is 517 g/mol. The van der Waals surface area contributed by atoms with Gasteiger partial charge in [0.2, 0.25) is 5.91 Å². The van der Waals surface area contributed by atoms with E-state index in [4.69, 9.17) is 0 Å². The zero-order chi connectivity index (χ0) is 26.1. The Labute approximate surface area is 217 Å². The van der Waals surface area contributed by atoms with E-state index in [1.165, 1.54) is 36.2 Å². The van der Waals surface area contributed by atoms with Crippen LogP contribution >= 0.6 is 11.9 Å². The van der Waals surface area contributed by atoms with Crippen molar-refractivity contribution in [1.29, 1.82) is 0 Å². The number of hydrogen-bond donors (Lipinski definition) is 4. The highest BCUT2D eigenvalue weighted by Gasteiger charge is 2.28. The van der Waals surface area contributed by atoms with Crippen LogP contribution in [0, 0.1) is 11.7 Å². The fraction of sp³-hybridized carbons (Fsp3) is 0.481. The summed E-state index contributed by atoms with van der Waals surface area (Å²) >= 11 is 1.41. The van der Waals surface area contributed by atoms with Crippen molar-refractivity contribution in [3.05, 3.63) is 59.9 Å². The highest BCUT2D eigenvalue weighted by molar-refractivity contribution is 7.97. The van der Waals surface area contributed by atoms with Crippen molar-refractivity contribution in [1.82, 2.24) is 14.9 Å². The summed E-state index contributed by atoms with van der Waals surface area (Å²) in [5.41, 5.74) is 0.531. The molecule has 0 saturated carbocycles. The fourth-order valence-electron chi connectivity index (χ4n) is 4.01. The van der Waals surface area contributed by atoms with E-state index in [1.54, 1.807) is 0 Å². The third kappa shape index (κ3) is 8.58. The van der Waals surface area contributed by atoms with Gasteiger partial charge < -0.3 is 20.6 Å². The Hall–Kier alpha value is -2.46. The minimum Gasteiger partial charge on any atom is -0.394 e. The minimum atomic E-state index is -0.707. The average Bonchev–Trinajstić information content (AvgIpc) is 2.88. The molecule has 9 heteroatoms. The van der Waals surface area contributed by atoms with Crippen LogP contribution in [0.15, 0.2) is 53.4 Å². The smallest absolute Gasteiger partial charge is 0.251 e. The third-order valence-electron chi connectivity index (χ3n) is 6.41. The molecule has 1 aliphatic rings. The number of piperidine rings is 1. The lowest BCUT2D eigenvalue weighted by Crippen LogP contribution is -2.46. The number of rotatable bonds is 11. The molecule has 0 aliphatic carbocycles. The van der Waals surface area contributed by atoms with Gasteiger partial charge in [-0.3, -0.25) is 14.3 Å². The number of aliphatic hydroxyl groups is 1. The number of aliphatic hydroxyl groups excluding tert-OH is 1. The van der Waals surface area contributed by atoms with E-state index in [2.05, 4.69) is 27.2 Å². The van der Waals surface area contributed by atoms with Crippen molar-refractivity contribution in [2.45, 2.75) is 56.5 Å². The van der Waals surface area contributed by atoms with Crippen LogP contribution in [-0.2, 0) is 4.79 Å². The van der Waals surface area contributed by atoms with Gasteiger partial charge in [0.15, 0.2) is 0 Å². The molecule has 4 N–H and O–H groups in total. The van der Waals surface area contributed by atoms with E-state index >= 15 is 0 Å². The maximum absolute atomic E-state index is 13.3. The maximum atomic E-state index is 13.3. The lowest BCUT2D eigenvalue weighted by molar-refractivity contribution is -0.118. The van der Waals surface area contributed by atoms with Crippen LogP contribution in [0.3, 0.4) is 0 Å². The molecule has 2 amide bonds. The Balaban J connectivity index is 1.65. The molecule has 1 fully saturated rings. The van der Waals surface area contributed by atoms with Crippen LogP contribution in [0.2, 0.25) is 0 Å². The first-order chi connectivity index (χ1) is 17.2. The molecule has 0 radical (unpaired) electrons. The number of nitrogens with zero attached hydrogens (tertiary/aromatic N) is 1. The van der Waals surface area contributed by atoms with Gasteiger partial charge in [-0.1, -0.05) is 6.92 Å². The van der Waals surface area contributed by atoms with Gasteiger partial charge in [-0.25, -0.2) is 4.39 Å². The molecule has 196 valence electrons. The van der Waals surface area contributed by atoms with Crippen LogP contribution in [0.1, 0.15) is 50.4 Å². The van der Waals surface area contributed by atoms with Gasteiger partial charge in [-0.05, 0) is 119 Å². The largest absolute Gasteiger partial charge is 0.394 e. The van der Waals surface area contributed by atoms with E-state index in [-0.39, 0.29) is 12.5 Å². The number of anilines is 1. The van der Waals surface area contributed by atoms with E-state index in [0.717, 1.165) is 37.4 Å². The Kier molecular flexibility index (Phi) is 10.3. The predicted octanol–water partition coefficient (Wildman–Crippen LogP) is 4.05. The topological polar surface area (TPSA) is 93.7 Å². The monoisotopic (exact) mass is 516 g/mol. The minimum absolute atomic E-state index is 0.0106. The summed E-state index contributed by atoms with van der Waals surface area (Å²) < 4.78 is 16.5. The number of benzene rings is 2. The number of amides is 2. The van der Waals surface area contributed by atoms with Gasteiger partial charge in [0, 0.05) is 21.7 Å². The molecule has 1 heterocycles. The molecular formula is C27H37FN4O3S. The highest BCUT2D eigenvalue weighted by atomic mass is 32.2. The number of halogens is 1. The van der Waals surface area contributed by atoms with E-state index in [0.29, 0.717) is 23.6 Å². The first kappa shape index (κ1) is 28.1. The second-order valence-corrected chi connectivity index (χ2v) is 10.8. The summed E-state index contributed by atoms with van der Waals surface area (Å²) in [6, 6.07) is 12.0. The zero-order valence-electron chi connectivity index (χ0n) is 21.2. The molecule has 36 heavy (non-hydrogen) atoms. The van der Waals surface area contributed by atoms with Crippen molar-refractivity contribution < 1.29 is 19.1 Å². The summed E-state index contributed by atoms with van der Waals surface area (Å²) in [5.74, 6) is -0.758. The first-order valence-electron chi connectivity index (χ1n) is 12.4. The van der Waals surface area contributed by atoms with Gasteiger partial charge in [0.1, 0.15) is 11.9 Å². The van der Waals surface area contributed by atoms with Crippen LogP contribution in [0.4, 0.5) is 10.1 Å². The van der Waals surface area contributed by atoms with Crippen molar-refractivity contribution in [2.24, 2.45) is 5.92 Å². The Morgan fingerprint density at radius 1 is 1.11 bits per heavy atom. The summed E-state index contributed by atoms with van der Waals surface area (Å²) in [4.78, 5) is 29.4. The molecule has 1 unspecified atom stereocenters. The number of nitrogens with one attached hydrogen (secondary N) is 3. The molecule has 1 atom stereocenters. The molecular weight excluding hydrogens is 479 g/mol. The van der Waals surface area contributed by atoms with Gasteiger partial charge in [-0.15, -0.1) is 0 Å². The number of likely N-dealkylation sites (tertiary alicyclic amines) is 1. The molecule has 3 rings (SSSR count). The molecule has 1 aliphatic heterocycles. The Bertz CT molecular complexity index is 993. The van der Waals surface area contributed by atoms with Crippen LogP contribution in [0.5, 0.6) is 0 Å². The quantitative estimate of drug-likeness (QED) is 0.337. The van der Waals surface area contributed by atoms with Gasteiger partial charge >= 0.3 is 0 Å².